The molecule has 0 saturated carbocycles. The Morgan fingerprint density at radius 3 is 2.45 bits per heavy atom. The van der Waals surface area contributed by atoms with E-state index in [1.807, 2.05) is 27.1 Å². The van der Waals surface area contributed by atoms with Crippen molar-refractivity contribution in [3.63, 3.8) is 0 Å². The summed E-state index contributed by atoms with van der Waals surface area (Å²) in [6.07, 6.45) is 1.93. The van der Waals surface area contributed by atoms with Crippen LogP contribution in [-0.2, 0) is 12.5 Å². The lowest BCUT2D eigenvalue weighted by molar-refractivity contribution is 0.359. The summed E-state index contributed by atoms with van der Waals surface area (Å²) in [4.78, 5) is 4.38. The van der Waals surface area contributed by atoms with Crippen molar-refractivity contribution >= 4 is 0 Å². The fourth-order valence-electron chi connectivity index (χ4n) is 2.06. The average Bonchev–Trinajstić information content (AvgIpc) is 2.93. The van der Waals surface area contributed by atoms with Crippen LogP contribution >= 0.6 is 0 Å². The van der Waals surface area contributed by atoms with Gasteiger partial charge in [0.05, 0.1) is 11.7 Å². The van der Waals surface area contributed by atoms with Gasteiger partial charge in [0.25, 0.3) is 0 Å². The molecular weight excluding hydrogens is 254 g/mol. The molecule has 2 N–H and O–H groups in total. The summed E-state index contributed by atoms with van der Waals surface area (Å²) in [7, 11) is 1.89. The van der Waals surface area contributed by atoms with Gasteiger partial charge in [0.15, 0.2) is 5.82 Å². The van der Waals surface area contributed by atoms with Gasteiger partial charge in [-0.1, -0.05) is 39.8 Å². The Kier molecular flexibility index (Phi) is 3.69. The van der Waals surface area contributed by atoms with Crippen molar-refractivity contribution in [3.8, 4) is 0 Å². The highest BCUT2D eigenvalue weighted by Gasteiger charge is 2.28. The minimum atomic E-state index is -0.422. The molecular formula is C14H23N5O. The van der Waals surface area contributed by atoms with Crippen molar-refractivity contribution in [1.82, 2.24) is 19.9 Å². The predicted octanol–water partition coefficient (Wildman–Crippen LogP) is 2.27. The Morgan fingerprint density at radius 1 is 1.30 bits per heavy atom. The van der Waals surface area contributed by atoms with Gasteiger partial charge in [-0.25, -0.2) is 0 Å². The number of hydrogen-bond donors (Lipinski definition) is 1. The maximum absolute atomic E-state index is 6.30. The Labute approximate surface area is 119 Å². The van der Waals surface area contributed by atoms with Gasteiger partial charge >= 0.3 is 0 Å². The fourth-order valence-corrected chi connectivity index (χ4v) is 2.06. The van der Waals surface area contributed by atoms with Gasteiger partial charge in [0.1, 0.15) is 0 Å². The molecule has 2 aromatic rings. The molecule has 110 valence electrons. The molecule has 1 atom stereocenters. The van der Waals surface area contributed by atoms with E-state index in [9.17, 15) is 0 Å². The average molecular weight is 277 g/mol. The summed E-state index contributed by atoms with van der Waals surface area (Å²) < 4.78 is 7.01. The van der Waals surface area contributed by atoms with E-state index in [0.717, 1.165) is 11.3 Å². The third kappa shape index (κ3) is 2.75. The SMILES string of the molecule is CC(C)c1nc(C(N)c2cn(C)nc2C(C)(C)C)no1. The molecule has 6 nitrogen and oxygen atoms in total. The highest BCUT2D eigenvalue weighted by molar-refractivity contribution is 5.30. The number of rotatable bonds is 3. The summed E-state index contributed by atoms with van der Waals surface area (Å²) in [5, 5.41) is 8.52. The van der Waals surface area contributed by atoms with Crippen molar-refractivity contribution in [2.75, 3.05) is 0 Å². The first-order valence-corrected chi connectivity index (χ1v) is 6.83. The molecule has 0 spiro atoms. The van der Waals surface area contributed by atoms with Crippen molar-refractivity contribution in [2.24, 2.45) is 12.8 Å². The smallest absolute Gasteiger partial charge is 0.229 e. The zero-order valence-corrected chi connectivity index (χ0v) is 13.0. The molecule has 2 heterocycles. The molecule has 1 unspecified atom stereocenters. The van der Waals surface area contributed by atoms with Crippen LogP contribution in [0.4, 0.5) is 0 Å². The number of aryl methyl sites for hydroxylation is 1. The normalized spacial score (nSPS) is 14.0. The number of nitrogens with two attached hydrogens (primary N) is 1. The highest BCUT2D eigenvalue weighted by atomic mass is 16.5. The van der Waals surface area contributed by atoms with E-state index in [-0.39, 0.29) is 11.3 Å². The molecule has 0 radical (unpaired) electrons. The van der Waals surface area contributed by atoms with Crippen LogP contribution in [0.2, 0.25) is 0 Å². The van der Waals surface area contributed by atoms with Gasteiger partial charge in [-0.15, -0.1) is 0 Å². The molecule has 6 heteroatoms. The monoisotopic (exact) mass is 277 g/mol. The molecule has 0 saturated heterocycles. The summed E-state index contributed by atoms with van der Waals surface area (Å²) in [5.74, 6) is 1.31. The van der Waals surface area contributed by atoms with Gasteiger partial charge in [0.2, 0.25) is 5.89 Å². The molecule has 2 aromatic heterocycles. The quantitative estimate of drug-likeness (QED) is 0.930. The predicted molar refractivity (Wildman–Crippen MR) is 76.3 cm³/mol. The largest absolute Gasteiger partial charge is 0.339 e. The molecule has 0 bridgehead atoms. The highest BCUT2D eigenvalue weighted by Crippen LogP contribution is 2.29. The molecule has 2 rings (SSSR count). The Morgan fingerprint density at radius 2 is 1.95 bits per heavy atom. The number of hydrogen-bond acceptors (Lipinski definition) is 5. The summed E-state index contributed by atoms with van der Waals surface area (Å²) in [6.45, 7) is 10.4. The third-order valence-corrected chi connectivity index (χ3v) is 3.13. The van der Waals surface area contributed by atoms with Gasteiger partial charge in [-0.3, -0.25) is 4.68 Å². The fraction of sp³-hybridized carbons (Fsp3) is 0.643. The lowest BCUT2D eigenvalue weighted by Gasteiger charge is -2.19. The zero-order valence-electron chi connectivity index (χ0n) is 13.0. The second kappa shape index (κ2) is 5.01. The molecule has 0 aliphatic carbocycles. The Bertz CT molecular complexity index is 591. The van der Waals surface area contributed by atoms with E-state index in [1.54, 1.807) is 4.68 Å². The molecule has 20 heavy (non-hydrogen) atoms. The maximum Gasteiger partial charge on any atom is 0.229 e. The van der Waals surface area contributed by atoms with Crippen molar-refractivity contribution in [1.29, 1.82) is 0 Å². The summed E-state index contributed by atoms with van der Waals surface area (Å²) >= 11 is 0. The summed E-state index contributed by atoms with van der Waals surface area (Å²) in [5.41, 5.74) is 8.12. The van der Waals surface area contributed by atoms with E-state index in [0.29, 0.717) is 11.7 Å². The van der Waals surface area contributed by atoms with Crippen LogP contribution in [0.25, 0.3) is 0 Å². The first-order chi connectivity index (χ1) is 9.20. The van der Waals surface area contributed by atoms with Gasteiger partial charge in [0, 0.05) is 30.1 Å². The van der Waals surface area contributed by atoms with Crippen LogP contribution in [0.15, 0.2) is 10.7 Å². The van der Waals surface area contributed by atoms with E-state index >= 15 is 0 Å². The minimum Gasteiger partial charge on any atom is -0.339 e. The first kappa shape index (κ1) is 14.7. The molecule has 0 aliphatic rings. The third-order valence-electron chi connectivity index (χ3n) is 3.13. The molecule has 0 aliphatic heterocycles. The Hall–Kier alpha value is -1.69. The van der Waals surface area contributed by atoms with Crippen molar-refractivity contribution < 1.29 is 4.52 Å². The maximum atomic E-state index is 6.30. The molecule has 0 fully saturated rings. The Balaban J connectivity index is 2.40. The number of aromatic nitrogens is 4. The van der Waals surface area contributed by atoms with Crippen molar-refractivity contribution in [2.45, 2.75) is 52.0 Å². The molecule has 0 amide bonds. The van der Waals surface area contributed by atoms with E-state index in [4.69, 9.17) is 10.3 Å². The second-order valence-electron chi connectivity index (χ2n) is 6.48. The lowest BCUT2D eigenvalue weighted by atomic mass is 9.87. The van der Waals surface area contributed by atoms with E-state index < -0.39 is 6.04 Å². The van der Waals surface area contributed by atoms with Gasteiger partial charge < -0.3 is 10.3 Å². The van der Waals surface area contributed by atoms with E-state index in [1.165, 1.54) is 0 Å². The van der Waals surface area contributed by atoms with Crippen LogP contribution in [0.5, 0.6) is 0 Å². The van der Waals surface area contributed by atoms with Crippen LogP contribution in [0.1, 0.15) is 69.6 Å². The van der Waals surface area contributed by atoms with Crippen LogP contribution in [-0.4, -0.2) is 19.9 Å². The van der Waals surface area contributed by atoms with E-state index in [2.05, 4.69) is 36.0 Å². The minimum absolute atomic E-state index is 0.0845. The summed E-state index contributed by atoms with van der Waals surface area (Å²) in [6, 6.07) is -0.422. The van der Waals surface area contributed by atoms with Crippen LogP contribution in [0, 0.1) is 0 Å². The van der Waals surface area contributed by atoms with Gasteiger partial charge in [-0.05, 0) is 0 Å². The zero-order chi connectivity index (χ0) is 15.1. The number of nitrogens with zero attached hydrogens (tertiary/aromatic N) is 4. The molecule has 0 aromatic carbocycles. The lowest BCUT2D eigenvalue weighted by Crippen LogP contribution is -2.21. The van der Waals surface area contributed by atoms with Gasteiger partial charge in [-0.2, -0.15) is 10.1 Å². The topological polar surface area (TPSA) is 82.8 Å². The second-order valence-corrected chi connectivity index (χ2v) is 6.48. The van der Waals surface area contributed by atoms with Crippen molar-refractivity contribution in [3.05, 3.63) is 29.2 Å². The van der Waals surface area contributed by atoms with Crippen LogP contribution < -0.4 is 5.73 Å². The standard InChI is InChI=1S/C14H23N5O/c1-8(2)13-16-12(18-20-13)10(15)9-7-19(6)17-11(9)14(3,4)5/h7-8,10H,15H2,1-6H3. The van der Waals surface area contributed by atoms with Crippen LogP contribution in [0.3, 0.4) is 0 Å². The first-order valence-electron chi connectivity index (χ1n) is 6.83.